The van der Waals surface area contributed by atoms with Gasteiger partial charge in [-0.2, -0.15) is 0 Å². The number of rotatable bonds is 3. The molecule has 0 aromatic rings. The number of halogens is 1. The standard InChI is InChI=1S/C6H9BrO2.C6H10O2/c1-5(3-4-7)6(8)9-2;1-4-5(2)6(7)8-3/h3H,4H2,1-2H3;4H,1-3H3/b5-3+;5-4+. The summed E-state index contributed by atoms with van der Waals surface area (Å²) in [5.74, 6) is -0.526. The van der Waals surface area contributed by atoms with E-state index in [1.165, 1.54) is 14.2 Å². The molecule has 0 radical (unpaired) electrons. The zero-order valence-corrected chi connectivity index (χ0v) is 12.5. The van der Waals surface area contributed by atoms with Gasteiger partial charge in [0, 0.05) is 16.5 Å². The number of carbonyl (C=O) groups excluding carboxylic acids is 2. The van der Waals surface area contributed by atoms with Gasteiger partial charge in [-0.1, -0.05) is 28.1 Å². The van der Waals surface area contributed by atoms with E-state index in [4.69, 9.17) is 0 Å². The molecule has 0 heterocycles. The van der Waals surface area contributed by atoms with E-state index >= 15 is 0 Å². The van der Waals surface area contributed by atoms with E-state index in [9.17, 15) is 9.59 Å². The summed E-state index contributed by atoms with van der Waals surface area (Å²) in [6.07, 6.45) is 3.47. The van der Waals surface area contributed by atoms with E-state index < -0.39 is 0 Å². The maximum absolute atomic E-state index is 10.6. The highest BCUT2D eigenvalue weighted by Gasteiger charge is 1.99. The van der Waals surface area contributed by atoms with Crippen LogP contribution in [0.3, 0.4) is 0 Å². The fourth-order valence-electron chi connectivity index (χ4n) is 0.639. The molecule has 0 aliphatic rings. The minimum absolute atomic E-state index is 0.257. The first-order valence-corrected chi connectivity index (χ1v) is 6.08. The molecule has 0 unspecified atom stereocenters. The minimum Gasteiger partial charge on any atom is -0.466 e. The van der Waals surface area contributed by atoms with Crippen LogP contribution in [0.25, 0.3) is 0 Å². The molecule has 0 rings (SSSR count). The van der Waals surface area contributed by atoms with Crippen LogP contribution in [0.5, 0.6) is 0 Å². The fraction of sp³-hybridized carbons (Fsp3) is 0.500. The number of alkyl halides is 1. The largest absolute Gasteiger partial charge is 0.466 e. The van der Waals surface area contributed by atoms with Crippen molar-refractivity contribution in [2.24, 2.45) is 0 Å². The Morgan fingerprint density at radius 3 is 1.71 bits per heavy atom. The first-order valence-electron chi connectivity index (χ1n) is 4.96. The maximum Gasteiger partial charge on any atom is 0.333 e. The van der Waals surface area contributed by atoms with Crippen LogP contribution in [-0.2, 0) is 19.1 Å². The van der Waals surface area contributed by atoms with Gasteiger partial charge in [0.15, 0.2) is 0 Å². The molecule has 5 heteroatoms. The van der Waals surface area contributed by atoms with Crippen molar-refractivity contribution in [3.8, 4) is 0 Å². The van der Waals surface area contributed by atoms with Gasteiger partial charge in [-0.05, 0) is 20.8 Å². The topological polar surface area (TPSA) is 52.6 Å². The summed E-state index contributed by atoms with van der Waals surface area (Å²) in [7, 11) is 2.74. The Morgan fingerprint density at radius 1 is 1.06 bits per heavy atom. The molecule has 0 aliphatic heterocycles. The maximum atomic E-state index is 10.6. The van der Waals surface area contributed by atoms with Crippen LogP contribution in [-0.4, -0.2) is 31.5 Å². The van der Waals surface area contributed by atoms with Gasteiger partial charge in [0.25, 0.3) is 0 Å². The van der Waals surface area contributed by atoms with E-state index in [1.807, 2.05) is 0 Å². The monoisotopic (exact) mass is 306 g/mol. The molecule has 0 N–H and O–H groups in total. The van der Waals surface area contributed by atoms with Gasteiger partial charge in [-0.15, -0.1) is 0 Å². The highest BCUT2D eigenvalue weighted by Crippen LogP contribution is 1.96. The van der Waals surface area contributed by atoms with Gasteiger partial charge in [0.1, 0.15) is 0 Å². The van der Waals surface area contributed by atoms with Gasteiger partial charge < -0.3 is 9.47 Å². The number of allylic oxidation sites excluding steroid dienone is 2. The van der Waals surface area contributed by atoms with E-state index in [1.54, 1.807) is 32.9 Å². The lowest BCUT2D eigenvalue weighted by atomic mass is 10.3. The van der Waals surface area contributed by atoms with Crippen molar-refractivity contribution >= 4 is 27.9 Å². The number of carbonyl (C=O) groups is 2. The van der Waals surface area contributed by atoms with Gasteiger partial charge in [0.2, 0.25) is 0 Å². The summed E-state index contributed by atoms with van der Waals surface area (Å²) in [6, 6.07) is 0. The Hall–Kier alpha value is -1.10. The smallest absolute Gasteiger partial charge is 0.333 e. The fourth-order valence-corrected chi connectivity index (χ4v) is 1.12. The van der Waals surface area contributed by atoms with Gasteiger partial charge in [-0.25, -0.2) is 9.59 Å². The van der Waals surface area contributed by atoms with Crippen molar-refractivity contribution in [3.05, 3.63) is 23.3 Å². The average Bonchev–Trinajstić information content (AvgIpc) is 2.36. The van der Waals surface area contributed by atoms with Crippen molar-refractivity contribution in [3.63, 3.8) is 0 Å². The summed E-state index contributed by atoms with van der Waals surface area (Å²) in [5, 5.41) is 0.688. The third-order valence-corrected chi connectivity index (χ3v) is 2.15. The Kier molecular flexibility index (Phi) is 12.2. The van der Waals surface area contributed by atoms with Crippen molar-refractivity contribution in [2.45, 2.75) is 20.8 Å². The molecule has 98 valence electrons. The van der Waals surface area contributed by atoms with Crippen LogP contribution in [0.4, 0.5) is 0 Å². The van der Waals surface area contributed by atoms with Crippen LogP contribution in [0.2, 0.25) is 0 Å². The second-order valence-corrected chi connectivity index (χ2v) is 3.64. The van der Waals surface area contributed by atoms with Crippen molar-refractivity contribution in [1.29, 1.82) is 0 Å². The van der Waals surface area contributed by atoms with Crippen LogP contribution < -0.4 is 0 Å². The Bertz CT molecular complexity index is 306. The number of hydrogen-bond acceptors (Lipinski definition) is 4. The summed E-state index contributed by atoms with van der Waals surface area (Å²) in [4.78, 5) is 21.0. The normalized spacial score (nSPS) is 11.2. The molecular formula is C12H19BrO4. The highest BCUT2D eigenvalue weighted by atomic mass is 79.9. The first-order chi connectivity index (χ1) is 7.94. The predicted molar refractivity (Wildman–Crippen MR) is 71.0 cm³/mol. The Labute approximate surface area is 111 Å². The number of esters is 2. The van der Waals surface area contributed by atoms with E-state index in [0.717, 1.165) is 0 Å². The third kappa shape index (κ3) is 9.81. The molecule has 0 aromatic heterocycles. The first kappa shape index (κ1) is 18.3. The predicted octanol–water partition coefficient (Wildman–Crippen LogP) is 2.63. The number of hydrogen-bond donors (Lipinski definition) is 0. The molecule has 0 spiro atoms. The van der Waals surface area contributed by atoms with E-state index in [2.05, 4.69) is 25.4 Å². The third-order valence-electron chi connectivity index (χ3n) is 1.83. The molecule has 0 aliphatic carbocycles. The zero-order valence-electron chi connectivity index (χ0n) is 10.9. The number of ether oxygens (including phenoxy) is 2. The molecular weight excluding hydrogens is 288 g/mol. The Morgan fingerprint density at radius 2 is 1.47 bits per heavy atom. The van der Waals surface area contributed by atoms with Crippen molar-refractivity contribution in [2.75, 3.05) is 19.5 Å². The Balaban J connectivity index is 0. The number of methoxy groups -OCH3 is 2. The van der Waals surface area contributed by atoms with Crippen molar-refractivity contribution < 1.29 is 19.1 Å². The summed E-state index contributed by atoms with van der Waals surface area (Å²) in [5.41, 5.74) is 1.28. The minimum atomic E-state index is -0.269. The summed E-state index contributed by atoms with van der Waals surface area (Å²) >= 11 is 3.16. The lowest BCUT2D eigenvalue weighted by Crippen LogP contribution is -2.01. The molecule has 17 heavy (non-hydrogen) atoms. The van der Waals surface area contributed by atoms with Gasteiger partial charge in [-0.3, -0.25) is 0 Å². The summed E-state index contributed by atoms with van der Waals surface area (Å²) < 4.78 is 8.83. The molecule has 0 fully saturated rings. The van der Waals surface area contributed by atoms with Crippen LogP contribution in [0.1, 0.15) is 20.8 Å². The van der Waals surface area contributed by atoms with Crippen LogP contribution >= 0.6 is 15.9 Å². The molecule has 0 saturated heterocycles. The SMILES string of the molecule is C/C=C(\C)C(=O)OC.COC(=O)/C(C)=C/CBr. The molecule has 0 amide bonds. The van der Waals surface area contributed by atoms with Crippen LogP contribution in [0, 0.1) is 0 Å². The zero-order chi connectivity index (χ0) is 13.8. The highest BCUT2D eigenvalue weighted by molar-refractivity contribution is 9.09. The van der Waals surface area contributed by atoms with Crippen LogP contribution in [0.15, 0.2) is 23.3 Å². The second-order valence-electron chi connectivity index (χ2n) is 3.00. The molecule has 0 aromatic carbocycles. The summed E-state index contributed by atoms with van der Waals surface area (Å²) in [6.45, 7) is 5.23. The average molecular weight is 307 g/mol. The molecule has 0 saturated carbocycles. The van der Waals surface area contributed by atoms with Gasteiger partial charge in [0.05, 0.1) is 14.2 Å². The lowest BCUT2D eigenvalue weighted by molar-refractivity contribution is -0.136. The lowest BCUT2D eigenvalue weighted by Gasteiger charge is -1.94. The molecule has 0 atom stereocenters. The molecule has 4 nitrogen and oxygen atoms in total. The quantitative estimate of drug-likeness (QED) is 0.457. The second kappa shape index (κ2) is 11.4. The van der Waals surface area contributed by atoms with E-state index in [0.29, 0.717) is 16.5 Å². The van der Waals surface area contributed by atoms with Gasteiger partial charge >= 0.3 is 11.9 Å². The molecule has 0 bridgehead atoms. The van der Waals surface area contributed by atoms with Crippen molar-refractivity contribution in [1.82, 2.24) is 0 Å². The van der Waals surface area contributed by atoms with E-state index in [-0.39, 0.29) is 11.9 Å².